The summed E-state index contributed by atoms with van der Waals surface area (Å²) >= 11 is 0. The largest absolute Gasteiger partial charge is 0.465 e. The lowest BCUT2D eigenvalue weighted by atomic mass is 10.1. The Kier molecular flexibility index (Phi) is 3.64. The van der Waals surface area contributed by atoms with Gasteiger partial charge < -0.3 is 15.6 Å². The van der Waals surface area contributed by atoms with Gasteiger partial charge in [0.15, 0.2) is 5.82 Å². The summed E-state index contributed by atoms with van der Waals surface area (Å²) in [6, 6.07) is 6.37. The molecule has 6 heteroatoms. The molecule has 3 N–H and O–H groups in total. The van der Waals surface area contributed by atoms with Gasteiger partial charge in [-0.25, -0.2) is 4.98 Å². The van der Waals surface area contributed by atoms with Gasteiger partial charge in [-0.05, 0) is 39.3 Å². The van der Waals surface area contributed by atoms with Crippen LogP contribution in [-0.4, -0.2) is 31.8 Å². The van der Waals surface area contributed by atoms with Gasteiger partial charge in [-0.2, -0.15) is 4.98 Å². The summed E-state index contributed by atoms with van der Waals surface area (Å²) < 4.78 is 7.56. The van der Waals surface area contributed by atoms with Crippen LogP contribution in [0.15, 0.2) is 18.2 Å². The number of hydrogen-bond acceptors (Lipinski definition) is 5. The van der Waals surface area contributed by atoms with Gasteiger partial charge in [0, 0.05) is 5.39 Å². The molecule has 0 radical (unpaired) electrons. The molecule has 23 heavy (non-hydrogen) atoms. The van der Waals surface area contributed by atoms with E-state index >= 15 is 0 Å². The summed E-state index contributed by atoms with van der Waals surface area (Å²) in [5.74, 6) is 0.369. The van der Waals surface area contributed by atoms with Crippen molar-refractivity contribution in [2.45, 2.75) is 39.8 Å². The Morgan fingerprint density at radius 1 is 1.30 bits per heavy atom. The summed E-state index contributed by atoms with van der Waals surface area (Å²) in [6.45, 7) is 8.29. The number of nitrogens with zero attached hydrogens (tertiary/aromatic N) is 3. The van der Waals surface area contributed by atoms with E-state index in [2.05, 4.69) is 9.97 Å². The van der Waals surface area contributed by atoms with Gasteiger partial charge in [-0.1, -0.05) is 12.1 Å². The topological polar surface area (TPSA) is 86.2 Å². The molecule has 0 atom stereocenters. The maximum absolute atomic E-state index is 10.3. The first-order chi connectivity index (χ1) is 10.8. The van der Waals surface area contributed by atoms with E-state index in [1.54, 1.807) is 13.8 Å². The minimum atomic E-state index is -0.910. The Bertz CT molecular complexity index is 878. The number of anilines is 1. The molecule has 0 fully saturated rings. The van der Waals surface area contributed by atoms with Gasteiger partial charge in [0.2, 0.25) is 0 Å². The van der Waals surface area contributed by atoms with Crippen LogP contribution in [0, 0.1) is 6.92 Å². The molecular weight excluding hydrogens is 292 g/mol. The minimum absolute atomic E-state index is 0.353. The molecule has 1 aromatic carbocycles. The van der Waals surface area contributed by atoms with Gasteiger partial charge in [-0.15, -0.1) is 0 Å². The lowest BCUT2D eigenvalue weighted by Gasteiger charge is -2.20. The fourth-order valence-corrected chi connectivity index (χ4v) is 2.87. The predicted octanol–water partition coefficient (Wildman–Crippen LogP) is 2.64. The van der Waals surface area contributed by atoms with Crippen LogP contribution < -0.4 is 10.5 Å². The Hall–Kier alpha value is -2.34. The first kappa shape index (κ1) is 15.6. The molecule has 3 rings (SSSR count). The van der Waals surface area contributed by atoms with Crippen LogP contribution >= 0.6 is 0 Å². The molecule has 0 saturated carbocycles. The first-order valence-corrected chi connectivity index (χ1v) is 7.72. The molecule has 0 aliphatic rings. The zero-order valence-corrected chi connectivity index (χ0v) is 13.9. The van der Waals surface area contributed by atoms with Crippen molar-refractivity contribution in [2.24, 2.45) is 0 Å². The van der Waals surface area contributed by atoms with Gasteiger partial charge in [0.1, 0.15) is 5.52 Å². The zero-order valence-electron chi connectivity index (χ0n) is 13.9. The average Bonchev–Trinajstić information content (AvgIpc) is 2.77. The predicted molar refractivity (Wildman–Crippen MR) is 91.7 cm³/mol. The maximum Gasteiger partial charge on any atom is 0.297 e. The minimum Gasteiger partial charge on any atom is -0.465 e. The van der Waals surface area contributed by atoms with Gasteiger partial charge >= 0.3 is 0 Å². The molecule has 6 nitrogen and oxygen atoms in total. The molecule has 0 aliphatic carbocycles. The first-order valence-electron chi connectivity index (χ1n) is 7.72. The molecule has 122 valence electrons. The van der Waals surface area contributed by atoms with Crippen molar-refractivity contribution in [1.82, 2.24) is 14.5 Å². The van der Waals surface area contributed by atoms with E-state index < -0.39 is 5.60 Å². The number of benzene rings is 1. The second-order valence-corrected chi connectivity index (χ2v) is 6.39. The number of nitrogens with two attached hydrogens (primary N) is 1. The SMILES string of the molecule is CCOc1nc2c(N)nc3cccc(C)c3c2n1CC(C)(C)O. The Balaban J connectivity index is 2.45. The molecule has 0 bridgehead atoms. The van der Waals surface area contributed by atoms with Crippen molar-refractivity contribution in [3.63, 3.8) is 0 Å². The van der Waals surface area contributed by atoms with Crippen LogP contribution in [0.1, 0.15) is 26.3 Å². The lowest BCUT2D eigenvalue weighted by Crippen LogP contribution is -2.26. The smallest absolute Gasteiger partial charge is 0.297 e. The molecule has 0 saturated heterocycles. The van der Waals surface area contributed by atoms with E-state index in [-0.39, 0.29) is 0 Å². The Morgan fingerprint density at radius 3 is 2.70 bits per heavy atom. The average molecular weight is 314 g/mol. The van der Waals surface area contributed by atoms with Crippen LogP contribution in [0.3, 0.4) is 0 Å². The second-order valence-electron chi connectivity index (χ2n) is 6.39. The highest BCUT2D eigenvalue weighted by molar-refractivity contribution is 6.08. The van der Waals surface area contributed by atoms with E-state index in [9.17, 15) is 5.11 Å². The normalized spacial score (nSPS) is 12.2. The number of fused-ring (bicyclic) bond motifs is 3. The number of aromatic nitrogens is 3. The molecular formula is C17H22N4O2. The van der Waals surface area contributed by atoms with Crippen LogP contribution in [0.25, 0.3) is 21.9 Å². The summed E-state index contributed by atoms with van der Waals surface area (Å²) in [4.78, 5) is 8.98. The molecule has 0 aliphatic heterocycles. The van der Waals surface area contributed by atoms with Crippen molar-refractivity contribution in [3.05, 3.63) is 23.8 Å². The highest BCUT2D eigenvalue weighted by Crippen LogP contribution is 2.34. The molecule has 0 unspecified atom stereocenters. The van der Waals surface area contributed by atoms with Crippen LogP contribution in [0.2, 0.25) is 0 Å². The highest BCUT2D eigenvalue weighted by Gasteiger charge is 2.23. The van der Waals surface area contributed by atoms with Crippen molar-refractivity contribution < 1.29 is 9.84 Å². The highest BCUT2D eigenvalue weighted by atomic mass is 16.5. The van der Waals surface area contributed by atoms with Crippen LogP contribution in [0.4, 0.5) is 5.82 Å². The van der Waals surface area contributed by atoms with E-state index in [1.807, 2.05) is 36.6 Å². The summed E-state index contributed by atoms with van der Waals surface area (Å²) in [6.07, 6.45) is 0. The Labute approximate surface area is 134 Å². The fourth-order valence-electron chi connectivity index (χ4n) is 2.87. The van der Waals surface area contributed by atoms with Crippen LogP contribution in [0.5, 0.6) is 6.01 Å². The summed E-state index contributed by atoms with van der Waals surface area (Å²) in [5.41, 5.74) is 8.57. The second kappa shape index (κ2) is 5.38. The summed E-state index contributed by atoms with van der Waals surface area (Å²) in [7, 11) is 0. The standard InChI is InChI=1S/C17H22N4O2/c1-5-23-16-20-13-14(21(16)9-17(3,4)22)12-10(2)7-6-8-11(12)19-15(13)18/h6-8,22H,5,9H2,1-4H3,(H2,18,19). The van der Waals surface area contributed by atoms with Gasteiger partial charge in [-0.3, -0.25) is 4.57 Å². The number of ether oxygens (including phenoxy) is 1. The zero-order chi connectivity index (χ0) is 16.8. The van der Waals surface area contributed by atoms with Crippen LogP contribution in [-0.2, 0) is 6.54 Å². The van der Waals surface area contributed by atoms with Crippen molar-refractivity contribution in [2.75, 3.05) is 12.3 Å². The van der Waals surface area contributed by atoms with E-state index in [0.717, 1.165) is 22.0 Å². The molecule has 0 amide bonds. The molecule has 0 spiro atoms. The quantitative estimate of drug-likeness (QED) is 0.773. The van der Waals surface area contributed by atoms with E-state index in [0.29, 0.717) is 30.5 Å². The van der Waals surface area contributed by atoms with Gasteiger partial charge in [0.05, 0.1) is 29.8 Å². The summed E-state index contributed by atoms with van der Waals surface area (Å²) in [5, 5.41) is 11.3. The third-order valence-electron chi connectivity index (χ3n) is 3.72. The van der Waals surface area contributed by atoms with Gasteiger partial charge in [0.25, 0.3) is 6.01 Å². The molecule has 2 heterocycles. The number of aliphatic hydroxyl groups is 1. The third kappa shape index (κ3) is 2.70. The number of pyridine rings is 1. The van der Waals surface area contributed by atoms with E-state index in [4.69, 9.17) is 10.5 Å². The maximum atomic E-state index is 10.3. The molecule has 2 aromatic heterocycles. The molecule has 3 aromatic rings. The monoisotopic (exact) mass is 314 g/mol. The van der Waals surface area contributed by atoms with Crippen molar-refractivity contribution >= 4 is 27.8 Å². The Morgan fingerprint density at radius 2 is 2.04 bits per heavy atom. The number of imidazole rings is 1. The van der Waals surface area contributed by atoms with E-state index in [1.165, 1.54) is 0 Å². The van der Waals surface area contributed by atoms with Crippen molar-refractivity contribution in [1.29, 1.82) is 0 Å². The fraction of sp³-hybridized carbons (Fsp3) is 0.412. The lowest BCUT2D eigenvalue weighted by molar-refractivity contribution is 0.0595. The number of nitrogen functional groups attached to an aromatic ring is 1. The number of rotatable bonds is 4. The van der Waals surface area contributed by atoms with Crippen molar-refractivity contribution in [3.8, 4) is 6.01 Å². The third-order valence-corrected chi connectivity index (χ3v) is 3.72. The number of aryl methyl sites for hydroxylation is 1. The number of hydrogen-bond donors (Lipinski definition) is 2.